The first-order valence-electron chi connectivity index (χ1n) is 10.4. The Bertz CT molecular complexity index is 934. The molecule has 1 atom stereocenters. The molecule has 1 aliphatic rings. The Morgan fingerprint density at radius 3 is 2.76 bits per heavy atom. The molecule has 5 nitrogen and oxygen atoms in total. The zero-order valence-electron chi connectivity index (χ0n) is 18.2. The van der Waals surface area contributed by atoms with Gasteiger partial charge in [-0.2, -0.15) is 5.26 Å². The largest absolute Gasteiger partial charge is 0.461 e. The minimum atomic E-state index is -1.27. The van der Waals surface area contributed by atoms with Gasteiger partial charge in [-0.25, -0.2) is 4.79 Å². The lowest BCUT2D eigenvalue weighted by Gasteiger charge is -2.35. The van der Waals surface area contributed by atoms with E-state index in [0.717, 1.165) is 36.4 Å². The minimum absolute atomic E-state index is 0.115. The number of benzene rings is 1. The molecule has 1 aromatic heterocycles. The summed E-state index contributed by atoms with van der Waals surface area (Å²) in [5, 5.41) is 10.3. The maximum Gasteiger partial charge on any atom is 0.355 e. The van der Waals surface area contributed by atoms with Gasteiger partial charge >= 0.3 is 5.97 Å². The molecule has 1 fully saturated rings. The number of carbonyl (C=O) groups excluding carboxylic acids is 1. The smallest absolute Gasteiger partial charge is 0.355 e. The molecule has 0 radical (unpaired) electrons. The van der Waals surface area contributed by atoms with Gasteiger partial charge < -0.3 is 14.0 Å². The molecule has 1 aromatic carbocycles. The molecule has 0 bridgehead atoms. The molecule has 0 spiro atoms. The van der Waals surface area contributed by atoms with Crippen molar-refractivity contribution in [2.45, 2.75) is 70.4 Å². The van der Waals surface area contributed by atoms with Gasteiger partial charge in [-0.15, -0.1) is 0 Å². The lowest BCUT2D eigenvalue weighted by Crippen LogP contribution is -2.32. The van der Waals surface area contributed by atoms with Crippen molar-refractivity contribution in [2.75, 3.05) is 13.2 Å². The summed E-state index contributed by atoms with van der Waals surface area (Å²) < 4.78 is 13.2. The van der Waals surface area contributed by atoms with Crippen LogP contribution in [0.25, 0.3) is 10.9 Å². The van der Waals surface area contributed by atoms with Crippen molar-refractivity contribution in [3.63, 3.8) is 0 Å². The fraction of sp³-hybridized carbons (Fsp3) is 0.565. The monoisotopic (exact) mass is 412 g/mol. The Balaban J connectivity index is 1.87. The van der Waals surface area contributed by atoms with Gasteiger partial charge in [0, 0.05) is 25.6 Å². The van der Waals surface area contributed by atoms with E-state index in [2.05, 4.69) is 51.7 Å². The Morgan fingerprint density at radius 2 is 2.10 bits per heavy atom. The van der Waals surface area contributed by atoms with E-state index in [-0.39, 0.29) is 18.1 Å². The number of hydrogen-bond donors (Lipinski definition) is 0. The zero-order valence-corrected chi connectivity index (χ0v) is 19.2. The van der Waals surface area contributed by atoms with Crippen LogP contribution in [-0.2, 0) is 16.0 Å². The summed E-state index contributed by atoms with van der Waals surface area (Å²) in [6.45, 7) is 12.4. The number of esters is 1. The molecular weight excluding hydrogens is 380 g/mol. The van der Waals surface area contributed by atoms with Crippen molar-refractivity contribution in [1.29, 1.82) is 5.26 Å². The standard InChI is InChI=1S/C23H32N2O3Si/c1-23(2)16-18(8-11-28-23)17-6-7-20-19(14-17)15-21(25(20)10-9-24)22(26)27-12-13-29(3,4)5/h6-7,14-15,18H,8,10-13,16H2,1-5H3/t18-/m0/s1. The Labute approximate surface area is 174 Å². The van der Waals surface area contributed by atoms with Crippen LogP contribution in [0.5, 0.6) is 0 Å². The molecule has 1 aliphatic heterocycles. The van der Waals surface area contributed by atoms with Crippen LogP contribution in [0.15, 0.2) is 24.3 Å². The first-order valence-corrected chi connectivity index (χ1v) is 14.1. The number of aromatic nitrogens is 1. The third kappa shape index (κ3) is 5.29. The molecule has 29 heavy (non-hydrogen) atoms. The highest BCUT2D eigenvalue weighted by Crippen LogP contribution is 2.37. The van der Waals surface area contributed by atoms with E-state index in [0.29, 0.717) is 18.2 Å². The van der Waals surface area contributed by atoms with Crippen molar-refractivity contribution < 1.29 is 14.3 Å². The highest BCUT2D eigenvalue weighted by molar-refractivity contribution is 6.76. The predicted octanol–water partition coefficient (Wildman–Crippen LogP) is 5.33. The van der Waals surface area contributed by atoms with Gasteiger partial charge in [0.05, 0.1) is 18.3 Å². The van der Waals surface area contributed by atoms with Crippen molar-refractivity contribution in [1.82, 2.24) is 4.57 Å². The second kappa shape index (κ2) is 8.33. The molecule has 0 unspecified atom stereocenters. The van der Waals surface area contributed by atoms with Gasteiger partial charge in [0.1, 0.15) is 12.2 Å². The van der Waals surface area contributed by atoms with Gasteiger partial charge in [-0.3, -0.25) is 0 Å². The lowest BCUT2D eigenvalue weighted by molar-refractivity contribution is -0.0592. The summed E-state index contributed by atoms with van der Waals surface area (Å²) in [5.74, 6) is 0.0954. The van der Waals surface area contributed by atoms with Gasteiger partial charge in [0.25, 0.3) is 0 Å². The van der Waals surface area contributed by atoms with Gasteiger partial charge in [-0.1, -0.05) is 25.7 Å². The van der Waals surface area contributed by atoms with E-state index in [1.54, 1.807) is 4.57 Å². The average molecular weight is 413 g/mol. The molecule has 6 heteroatoms. The van der Waals surface area contributed by atoms with Crippen molar-refractivity contribution in [2.24, 2.45) is 0 Å². The van der Waals surface area contributed by atoms with E-state index < -0.39 is 8.07 Å². The second-order valence-electron chi connectivity index (χ2n) is 9.84. The van der Waals surface area contributed by atoms with Gasteiger partial charge in [-0.05, 0) is 62.4 Å². The van der Waals surface area contributed by atoms with Crippen molar-refractivity contribution in [3.05, 3.63) is 35.5 Å². The van der Waals surface area contributed by atoms with E-state index in [4.69, 9.17) is 9.47 Å². The lowest BCUT2D eigenvalue weighted by atomic mass is 9.83. The van der Waals surface area contributed by atoms with Crippen molar-refractivity contribution in [3.8, 4) is 6.07 Å². The summed E-state index contributed by atoms with van der Waals surface area (Å²) in [6.07, 6.45) is 1.97. The third-order valence-corrected chi connectivity index (χ3v) is 7.32. The number of rotatable bonds is 6. The van der Waals surface area contributed by atoms with Crippen LogP contribution < -0.4 is 0 Å². The van der Waals surface area contributed by atoms with Crippen LogP contribution in [0.2, 0.25) is 25.7 Å². The fourth-order valence-corrected chi connectivity index (χ4v) is 4.71. The van der Waals surface area contributed by atoms with E-state index >= 15 is 0 Å². The molecule has 0 amide bonds. The molecule has 3 rings (SSSR count). The predicted molar refractivity (Wildman–Crippen MR) is 118 cm³/mol. The Kier molecular flexibility index (Phi) is 6.21. The Morgan fingerprint density at radius 1 is 1.34 bits per heavy atom. The van der Waals surface area contributed by atoms with E-state index in [9.17, 15) is 10.1 Å². The first-order chi connectivity index (χ1) is 13.6. The van der Waals surface area contributed by atoms with Gasteiger partial charge in [0.2, 0.25) is 0 Å². The van der Waals surface area contributed by atoms with Crippen LogP contribution in [0.3, 0.4) is 0 Å². The number of ether oxygens (including phenoxy) is 2. The molecule has 0 aliphatic carbocycles. The first kappa shape index (κ1) is 21.6. The summed E-state index contributed by atoms with van der Waals surface area (Å²) in [7, 11) is -1.27. The zero-order chi connectivity index (χ0) is 21.2. The average Bonchev–Trinajstić information content (AvgIpc) is 2.98. The number of nitrogens with zero attached hydrogens (tertiary/aromatic N) is 2. The summed E-state index contributed by atoms with van der Waals surface area (Å²) >= 11 is 0. The molecule has 1 saturated heterocycles. The molecule has 2 heterocycles. The normalized spacial score (nSPS) is 19.1. The highest BCUT2D eigenvalue weighted by atomic mass is 28.3. The molecular formula is C23H32N2O3Si. The van der Waals surface area contributed by atoms with E-state index in [1.807, 2.05) is 12.1 Å². The minimum Gasteiger partial charge on any atom is -0.461 e. The summed E-state index contributed by atoms with van der Waals surface area (Å²) in [4.78, 5) is 12.7. The molecule has 156 valence electrons. The topological polar surface area (TPSA) is 64.2 Å². The van der Waals surface area contributed by atoms with Crippen molar-refractivity contribution >= 4 is 24.9 Å². The van der Waals surface area contributed by atoms with E-state index in [1.165, 1.54) is 5.56 Å². The molecule has 0 saturated carbocycles. The van der Waals surface area contributed by atoms with Crippen LogP contribution in [0, 0.1) is 11.3 Å². The fourth-order valence-electron chi connectivity index (χ4n) is 3.99. The Hall–Kier alpha value is -2.10. The molecule has 0 N–H and O–H groups in total. The maximum absolute atomic E-state index is 12.7. The summed E-state index contributed by atoms with van der Waals surface area (Å²) in [6, 6.07) is 11.3. The van der Waals surface area contributed by atoms with Crippen LogP contribution in [-0.4, -0.2) is 37.4 Å². The number of fused-ring (bicyclic) bond motifs is 1. The number of hydrogen-bond acceptors (Lipinski definition) is 4. The summed E-state index contributed by atoms with van der Waals surface area (Å²) in [5.41, 5.74) is 2.51. The number of nitriles is 1. The van der Waals surface area contributed by atoms with Gasteiger partial charge in [0.15, 0.2) is 0 Å². The van der Waals surface area contributed by atoms with Crippen LogP contribution in [0.4, 0.5) is 0 Å². The quantitative estimate of drug-likeness (QED) is 0.475. The second-order valence-corrected chi connectivity index (χ2v) is 15.5. The SMILES string of the molecule is CC1(C)C[C@@H](c2ccc3c(c2)cc(C(=O)OCC[Si](C)(C)C)n3CC#N)CCO1. The van der Waals surface area contributed by atoms with Crippen LogP contribution >= 0.6 is 0 Å². The maximum atomic E-state index is 12.7. The highest BCUT2D eigenvalue weighted by Gasteiger charge is 2.30. The molecule has 2 aromatic rings. The number of carbonyl (C=O) groups is 1. The third-order valence-electron chi connectivity index (χ3n) is 5.62. The van der Waals surface area contributed by atoms with Crippen LogP contribution in [0.1, 0.15) is 48.7 Å².